The standard InChI is InChI=1S/C2H5O.CH4O.K/c1-2-3;1-2;/h3H,1-2H2;2H,1H3;. The van der Waals surface area contributed by atoms with Crippen LogP contribution in [0.4, 0.5) is 0 Å². The average Bonchev–Trinajstić information content (AvgIpc) is 1.72. The van der Waals surface area contributed by atoms with Crippen LogP contribution >= 0.6 is 0 Å². The summed E-state index contributed by atoms with van der Waals surface area (Å²) in [6, 6.07) is 0. The van der Waals surface area contributed by atoms with Crippen LogP contribution in [0.5, 0.6) is 0 Å². The Morgan fingerprint density at radius 3 is 1.67 bits per heavy atom. The molecule has 0 spiro atoms. The molecule has 34 valence electrons. The zero-order chi connectivity index (χ0) is 5.41. The van der Waals surface area contributed by atoms with Crippen molar-refractivity contribution in [1.29, 1.82) is 0 Å². The maximum absolute atomic E-state index is 7.92. The molecular formula is C3H9KO2. The second-order valence-electron chi connectivity index (χ2n) is 0.724. The average molecular weight is 116 g/mol. The SMILES string of the molecule is CO.OC[CH2][K]. The first-order chi connectivity index (χ1) is 2.91. The van der Waals surface area contributed by atoms with Gasteiger partial charge in [-0.3, -0.25) is 0 Å². The van der Waals surface area contributed by atoms with Crippen molar-refractivity contribution in [2.24, 2.45) is 0 Å². The van der Waals surface area contributed by atoms with E-state index in [1.807, 2.05) is 0 Å². The van der Waals surface area contributed by atoms with Gasteiger partial charge in [0.1, 0.15) is 0 Å². The summed E-state index contributed by atoms with van der Waals surface area (Å²) in [6.07, 6.45) is 0. The van der Waals surface area contributed by atoms with Gasteiger partial charge in [-0.25, -0.2) is 0 Å². The van der Waals surface area contributed by atoms with Crippen LogP contribution in [0, 0.1) is 0 Å². The minimum atomic E-state index is 0.403. The van der Waals surface area contributed by atoms with Crippen LogP contribution in [0.2, 0.25) is 0.515 Å². The second-order valence-corrected chi connectivity index (χ2v) is 2.29. The molecule has 0 aromatic carbocycles. The first-order valence-corrected chi connectivity index (χ1v) is 4.18. The van der Waals surface area contributed by atoms with E-state index in [0.29, 0.717) is 6.61 Å². The quantitative estimate of drug-likeness (QED) is 0.439. The van der Waals surface area contributed by atoms with Gasteiger partial charge in [0, 0.05) is 7.11 Å². The Bertz CT molecular complexity index is 10.8. The van der Waals surface area contributed by atoms with E-state index >= 15 is 0 Å². The summed E-state index contributed by atoms with van der Waals surface area (Å²) in [5.41, 5.74) is 0. The maximum atomic E-state index is 7.92. The molecule has 0 saturated carbocycles. The molecule has 0 amide bonds. The van der Waals surface area contributed by atoms with Gasteiger partial charge in [-0.2, -0.15) is 0 Å². The van der Waals surface area contributed by atoms with Gasteiger partial charge in [0.25, 0.3) is 0 Å². The molecule has 0 radical (unpaired) electrons. The third kappa shape index (κ3) is 17.7. The van der Waals surface area contributed by atoms with E-state index in [0.717, 1.165) is 56.6 Å². The van der Waals surface area contributed by atoms with E-state index in [2.05, 4.69) is 0 Å². The molecule has 0 saturated heterocycles. The van der Waals surface area contributed by atoms with Crippen LogP contribution in [0.1, 0.15) is 0 Å². The third-order valence-corrected chi connectivity index (χ3v) is 0.922. The van der Waals surface area contributed by atoms with E-state index in [4.69, 9.17) is 10.2 Å². The van der Waals surface area contributed by atoms with Crippen molar-refractivity contribution < 1.29 is 10.2 Å². The van der Waals surface area contributed by atoms with Gasteiger partial charge in [-0.1, -0.05) is 0 Å². The van der Waals surface area contributed by atoms with Crippen LogP contribution in [0.25, 0.3) is 0 Å². The Labute approximate surface area is 72.1 Å². The third-order valence-electron chi connectivity index (χ3n) is 0.224. The molecule has 0 atom stereocenters. The molecular weight excluding hydrogens is 107 g/mol. The fourth-order valence-corrected chi connectivity index (χ4v) is 0. The Morgan fingerprint density at radius 1 is 1.50 bits per heavy atom. The van der Waals surface area contributed by atoms with Crippen molar-refractivity contribution in [3.8, 4) is 0 Å². The number of hydrogen-bond donors (Lipinski definition) is 2. The molecule has 2 N–H and O–H groups in total. The molecule has 0 aromatic heterocycles. The van der Waals surface area contributed by atoms with Gasteiger partial charge < -0.3 is 5.11 Å². The zero-order valence-corrected chi connectivity index (χ0v) is 7.43. The summed E-state index contributed by atoms with van der Waals surface area (Å²) in [4.78, 5) is 0. The van der Waals surface area contributed by atoms with Crippen LogP contribution in [0.15, 0.2) is 0 Å². The van der Waals surface area contributed by atoms with Crippen LogP contribution in [0.3, 0.4) is 0 Å². The summed E-state index contributed by atoms with van der Waals surface area (Å²) in [6.45, 7) is 0.403. The summed E-state index contributed by atoms with van der Waals surface area (Å²) in [5, 5.41) is 14.9. The van der Waals surface area contributed by atoms with Crippen LogP contribution in [-0.2, 0) is 0 Å². The monoisotopic (exact) mass is 116 g/mol. The predicted octanol–water partition coefficient (Wildman–Crippen LogP) is -0.826. The van der Waals surface area contributed by atoms with Gasteiger partial charge in [-0.05, 0) is 0 Å². The van der Waals surface area contributed by atoms with Gasteiger partial charge >= 0.3 is 61.2 Å². The molecule has 0 heterocycles. The number of aliphatic hydroxyl groups is 2. The summed E-state index contributed by atoms with van der Waals surface area (Å²) >= 11 is 0.863. The normalized spacial score (nSPS) is 6.17. The summed E-state index contributed by atoms with van der Waals surface area (Å²) < 4.78 is 1.06. The zero-order valence-electron chi connectivity index (χ0n) is 4.31. The van der Waals surface area contributed by atoms with Crippen molar-refractivity contribution >= 4 is 49.0 Å². The fraction of sp³-hybridized carbons (Fsp3) is 1.00. The van der Waals surface area contributed by atoms with Crippen LogP contribution < -0.4 is 0 Å². The first kappa shape index (κ1) is 10.5. The minimum absolute atomic E-state index is 0.403. The topological polar surface area (TPSA) is 40.5 Å². The molecule has 0 bridgehead atoms. The van der Waals surface area contributed by atoms with Gasteiger partial charge in [-0.15, -0.1) is 0 Å². The molecule has 0 aliphatic rings. The van der Waals surface area contributed by atoms with Crippen molar-refractivity contribution in [3.05, 3.63) is 0 Å². The van der Waals surface area contributed by atoms with E-state index in [1.165, 1.54) is 0 Å². The molecule has 2 nitrogen and oxygen atoms in total. The van der Waals surface area contributed by atoms with Gasteiger partial charge in [0.15, 0.2) is 0 Å². The Kier molecular flexibility index (Phi) is 28.1. The number of rotatable bonds is 1. The molecule has 0 rings (SSSR count). The number of aliphatic hydroxyl groups excluding tert-OH is 2. The molecule has 0 aromatic rings. The van der Waals surface area contributed by atoms with Crippen molar-refractivity contribution in [3.63, 3.8) is 0 Å². The van der Waals surface area contributed by atoms with Crippen molar-refractivity contribution in [2.45, 2.75) is 0.515 Å². The molecule has 3 heteroatoms. The predicted molar refractivity (Wildman–Crippen MR) is 25.8 cm³/mol. The Morgan fingerprint density at radius 2 is 1.67 bits per heavy atom. The molecule has 0 unspecified atom stereocenters. The van der Waals surface area contributed by atoms with E-state index in [-0.39, 0.29) is 0 Å². The van der Waals surface area contributed by atoms with Crippen molar-refractivity contribution in [2.75, 3.05) is 13.7 Å². The Hall–Kier alpha value is 1.56. The molecule has 0 aliphatic carbocycles. The summed E-state index contributed by atoms with van der Waals surface area (Å²) in [5.74, 6) is 0. The second kappa shape index (κ2) is 16.0. The van der Waals surface area contributed by atoms with Gasteiger partial charge in [0.2, 0.25) is 0 Å². The van der Waals surface area contributed by atoms with E-state index < -0.39 is 0 Å². The summed E-state index contributed by atoms with van der Waals surface area (Å²) in [7, 11) is 1.00. The molecule has 0 aliphatic heterocycles. The molecule has 0 fully saturated rings. The number of hydrogen-bond acceptors (Lipinski definition) is 2. The Balaban J connectivity index is 0. The molecule has 6 heavy (non-hydrogen) atoms. The fourth-order valence-electron chi connectivity index (χ4n) is 0. The van der Waals surface area contributed by atoms with E-state index in [9.17, 15) is 0 Å². The van der Waals surface area contributed by atoms with E-state index in [1.54, 1.807) is 0 Å². The van der Waals surface area contributed by atoms with Gasteiger partial charge in [0.05, 0.1) is 0 Å². The first-order valence-electron chi connectivity index (χ1n) is 1.97. The van der Waals surface area contributed by atoms with Crippen molar-refractivity contribution in [1.82, 2.24) is 0 Å². The van der Waals surface area contributed by atoms with Crippen LogP contribution in [-0.4, -0.2) is 72.9 Å².